The summed E-state index contributed by atoms with van der Waals surface area (Å²) >= 11 is 1.20. The molecule has 0 bridgehead atoms. The number of thiophene rings is 1. The van der Waals surface area contributed by atoms with Crippen molar-refractivity contribution in [2.45, 2.75) is 0 Å². The quantitative estimate of drug-likeness (QED) is 0.504. The molecule has 3 amide bonds. The van der Waals surface area contributed by atoms with Crippen LogP contribution < -0.4 is 16.0 Å². The molecular weight excluding hydrogens is 400 g/mol. The molecule has 0 spiro atoms. The van der Waals surface area contributed by atoms with Crippen LogP contribution in [-0.4, -0.2) is 52.0 Å². The van der Waals surface area contributed by atoms with Crippen molar-refractivity contribution < 1.29 is 28.6 Å². The number of benzene rings is 1. The van der Waals surface area contributed by atoms with Gasteiger partial charge in [0.25, 0.3) is 0 Å². The average Bonchev–Trinajstić information content (AvgIpc) is 3.10. The van der Waals surface area contributed by atoms with Crippen LogP contribution in [0.5, 0.6) is 0 Å². The van der Waals surface area contributed by atoms with Gasteiger partial charge >= 0.3 is 12.2 Å². The smallest absolute Gasteiger partial charge is 0.413 e. The maximum atomic E-state index is 12.1. The second kappa shape index (κ2) is 10.8. The van der Waals surface area contributed by atoms with Crippen LogP contribution in [0.2, 0.25) is 0 Å². The topological polar surface area (TPSA) is 127 Å². The van der Waals surface area contributed by atoms with Crippen LogP contribution >= 0.6 is 11.3 Å². The van der Waals surface area contributed by atoms with Gasteiger partial charge in [0.2, 0.25) is 11.9 Å². The van der Waals surface area contributed by atoms with E-state index in [2.05, 4.69) is 30.4 Å². The minimum atomic E-state index is -0.843. The lowest BCUT2D eigenvalue weighted by Gasteiger charge is -2.11. The number of carbonyl (C=O) groups is 3. The summed E-state index contributed by atoms with van der Waals surface area (Å²) in [5.74, 6) is -0.615. The van der Waals surface area contributed by atoms with E-state index in [0.717, 1.165) is 5.56 Å². The molecule has 11 heteroatoms. The van der Waals surface area contributed by atoms with Gasteiger partial charge in [0.15, 0.2) is 0 Å². The van der Waals surface area contributed by atoms with Gasteiger partial charge in [0, 0.05) is 18.1 Å². The molecule has 2 rings (SSSR count). The molecule has 154 valence electrons. The van der Waals surface area contributed by atoms with E-state index in [9.17, 15) is 14.4 Å². The molecule has 0 fully saturated rings. The largest absolute Gasteiger partial charge is 0.453 e. The summed E-state index contributed by atoms with van der Waals surface area (Å²) in [5.41, 5.74) is 1.97. The minimum absolute atomic E-state index is 0.152. The molecule has 1 aromatic carbocycles. The number of amides is 3. The first kappa shape index (κ1) is 21.9. The van der Waals surface area contributed by atoms with Gasteiger partial charge in [-0.1, -0.05) is 30.3 Å². The summed E-state index contributed by atoms with van der Waals surface area (Å²) in [6, 6.07) is 9.35. The van der Waals surface area contributed by atoms with Crippen molar-refractivity contribution in [3.63, 3.8) is 0 Å². The van der Waals surface area contributed by atoms with E-state index in [1.54, 1.807) is 5.38 Å². The zero-order chi connectivity index (χ0) is 21.2. The molecule has 1 aromatic heterocycles. The van der Waals surface area contributed by atoms with Crippen molar-refractivity contribution >= 4 is 46.1 Å². The Morgan fingerprint density at radius 3 is 2.17 bits per heavy atom. The number of methoxy groups -OCH3 is 3. The molecular formula is C18H20N4O6S. The summed E-state index contributed by atoms with van der Waals surface area (Å²) < 4.78 is 13.9. The molecule has 0 saturated carbocycles. The predicted octanol–water partition coefficient (Wildman–Crippen LogP) is 2.70. The third kappa shape index (κ3) is 6.30. The Bertz CT molecular complexity index is 877. The van der Waals surface area contributed by atoms with Crippen LogP contribution in [0.25, 0.3) is 11.1 Å². The minimum Gasteiger partial charge on any atom is -0.453 e. The van der Waals surface area contributed by atoms with Gasteiger partial charge in [-0.3, -0.25) is 15.4 Å². The number of ether oxygens (including phenoxy) is 3. The highest BCUT2D eigenvalue weighted by molar-refractivity contribution is 7.15. The highest BCUT2D eigenvalue weighted by Gasteiger charge is 2.18. The van der Waals surface area contributed by atoms with E-state index in [4.69, 9.17) is 4.74 Å². The second-order valence-corrected chi connectivity index (χ2v) is 6.23. The van der Waals surface area contributed by atoms with Gasteiger partial charge in [-0.15, -0.1) is 11.3 Å². The zero-order valence-corrected chi connectivity index (χ0v) is 16.8. The van der Waals surface area contributed by atoms with Crippen LogP contribution in [0.4, 0.5) is 20.3 Å². The first-order valence-electron chi connectivity index (χ1n) is 8.22. The third-order valence-corrected chi connectivity index (χ3v) is 4.29. The van der Waals surface area contributed by atoms with Crippen molar-refractivity contribution in [3.8, 4) is 11.1 Å². The van der Waals surface area contributed by atoms with Gasteiger partial charge in [-0.05, 0) is 5.56 Å². The van der Waals surface area contributed by atoms with E-state index >= 15 is 0 Å². The molecule has 29 heavy (non-hydrogen) atoms. The number of aliphatic imine (C=N–C) groups is 1. The molecule has 3 N–H and O–H groups in total. The SMILES string of the molecule is COCC(=O)Nc1c(-c2ccccc2)csc1N=C(NC(=O)OC)NC(=O)OC. The number of alkyl carbamates (subject to hydrolysis) is 2. The first-order valence-corrected chi connectivity index (χ1v) is 9.10. The van der Waals surface area contributed by atoms with Crippen molar-refractivity contribution in [3.05, 3.63) is 35.7 Å². The fourth-order valence-electron chi connectivity index (χ4n) is 2.17. The van der Waals surface area contributed by atoms with Crippen molar-refractivity contribution in [1.82, 2.24) is 10.6 Å². The van der Waals surface area contributed by atoms with Gasteiger partial charge < -0.3 is 19.5 Å². The van der Waals surface area contributed by atoms with Crippen LogP contribution in [-0.2, 0) is 19.0 Å². The summed E-state index contributed by atoms with van der Waals surface area (Å²) in [6.07, 6.45) is -1.69. The monoisotopic (exact) mass is 420 g/mol. The first-order chi connectivity index (χ1) is 14.0. The summed E-state index contributed by atoms with van der Waals surface area (Å²) in [4.78, 5) is 39.5. The molecule has 0 aliphatic rings. The number of nitrogens with one attached hydrogen (secondary N) is 3. The number of anilines is 1. The standard InChI is InChI=1S/C18H20N4O6S/c1-26-9-13(23)19-14-12(11-7-5-4-6-8-11)10-29-15(14)20-16(21-17(24)27-2)22-18(25)28-3/h4-8,10H,9H2,1-3H3,(H,19,23)(H2,20,21,22,24,25). The third-order valence-electron chi connectivity index (χ3n) is 3.42. The number of carbonyl (C=O) groups excluding carboxylic acids is 3. The Balaban J connectivity index is 2.48. The van der Waals surface area contributed by atoms with Crippen LogP contribution in [0, 0.1) is 0 Å². The molecule has 0 atom stereocenters. The van der Waals surface area contributed by atoms with E-state index in [-0.39, 0.29) is 18.5 Å². The Morgan fingerprint density at radius 1 is 1.00 bits per heavy atom. The average molecular weight is 420 g/mol. The van der Waals surface area contributed by atoms with Crippen LogP contribution in [0.15, 0.2) is 40.7 Å². The van der Waals surface area contributed by atoms with E-state index in [1.807, 2.05) is 30.3 Å². The van der Waals surface area contributed by atoms with Crippen molar-refractivity contribution in [1.29, 1.82) is 0 Å². The highest BCUT2D eigenvalue weighted by atomic mass is 32.1. The fraction of sp³-hybridized carbons (Fsp3) is 0.222. The Labute approximate surface area is 170 Å². The zero-order valence-electron chi connectivity index (χ0n) is 16.0. The summed E-state index contributed by atoms with van der Waals surface area (Å²) in [5, 5.41) is 9.44. The molecule has 0 aliphatic heterocycles. The molecule has 2 aromatic rings. The Hall–Kier alpha value is -3.44. The van der Waals surface area contributed by atoms with E-state index < -0.39 is 12.2 Å². The number of hydrogen-bond acceptors (Lipinski definition) is 8. The number of rotatable bonds is 5. The summed E-state index contributed by atoms with van der Waals surface area (Å²) in [7, 11) is 3.74. The van der Waals surface area contributed by atoms with Gasteiger partial charge in [-0.2, -0.15) is 0 Å². The molecule has 0 saturated heterocycles. The predicted molar refractivity (Wildman–Crippen MR) is 108 cm³/mol. The van der Waals surface area contributed by atoms with Gasteiger partial charge in [-0.25, -0.2) is 14.6 Å². The normalized spacial score (nSPS) is 9.90. The summed E-state index contributed by atoms with van der Waals surface area (Å²) in [6.45, 7) is -0.152. The molecule has 0 radical (unpaired) electrons. The number of hydrogen-bond donors (Lipinski definition) is 3. The van der Waals surface area contributed by atoms with E-state index in [1.165, 1.54) is 32.7 Å². The Kier molecular flexibility index (Phi) is 8.12. The Morgan fingerprint density at radius 2 is 1.62 bits per heavy atom. The number of guanidine groups is 1. The van der Waals surface area contributed by atoms with Crippen molar-refractivity contribution in [2.75, 3.05) is 33.3 Å². The van der Waals surface area contributed by atoms with Crippen molar-refractivity contribution in [2.24, 2.45) is 4.99 Å². The van der Waals surface area contributed by atoms with Crippen LogP contribution in [0.1, 0.15) is 0 Å². The van der Waals surface area contributed by atoms with Gasteiger partial charge in [0.05, 0.1) is 19.9 Å². The lowest BCUT2D eigenvalue weighted by Crippen LogP contribution is -2.43. The second-order valence-electron chi connectivity index (χ2n) is 5.37. The molecule has 0 aliphatic carbocycles. The number of nitrogens with zero attached hydrogens (tertiary/aromatic N) is 1. The lowest BCUT2D eigenvalue weighted by atomic mass is 10.1. The molecule has 1 heterocycles. The molecule has 10 nitrogen and oxygen atoms in total. The van der Waals surface area contributed by atoms with E-state index in [0.29, 0.717) is 16.3 Å². The lowest BCUT2D eigenvalue weighted by molar-refractivity contribution is -0.119. The fourth-order valence-corrected chi connectivity index (χ4v) is 3.08. The maximum Gasteiger partial charge on any atom is 0.413 e. The van der Waals surface area contributed by atoms with Gasteiger partial charge in [0.1, 0.15) is 11.6 Å². The van der Waals surface area contributed by atoms with Crippen LogP contribution in [0.3, 0.4) is 0 Å². The maximum absolute atomic E-state index is 12.1. The molecule has 0 unspecified atom stereocenters. The highest BCUT2D eigenvalue weighted by Crippen LogP contribution is 2.42.